The molecule has 0 aliphatic carbocycles. The Hall–Kier alpha value is -1.65. The number of benzene rings is 1. The monoisotopic (exact) mass is 285 g/mol. The molecule has 1 atom stereocenters. The number of anilines is 1. The van der Waals surface area contributed by atoms with E-state index in [9.17, 15) is 0 Å². The maximum absolute atomic E-state index is 5.54. The van der Waals surface area contributed by atoms with Gasteiger partial charge in [0.1, 0.15) is 5.82 Å². The van der Waals surface area contributed by atoms with Crippen LogP contribution in [0.15, 0.2) is 30.5 Å². The second-order valence-electron chi connectivity index (χ2n) is 5.63. The number of ether oxygens (including phenoxy) is 1. The van der Waals surface area contributed by atoms with E-state index in [-0.39, 0.29) is 0 Å². The van der Waals surface area contributed by atoms with E-state index < -0.39 is 0 Å². The lowest BCUT2D eigenvalue weighted by atomic mass is 10.0. The van der Waals surface area contributed by atoms with Crippen LogP contribution in [-0.4, -0.2) is 38.3 Å². The molecule has 3 rings (SSSR count). The predicted molar refractivity (Wildman–Crippen MR) is 86.8 cm³/mol. The third kappa shape index (κ3) is 2.87. The van der Waals surface area contributed by atoms with Gasteiger partial charge < -0.3 is 15.0 Å². The van der Waals surface area contributed by atoms with Gasteiger partial charge in [0.2, 0.25) is 0 Å². The number of methoxy groups -OCH3 is 1. The Balaban J connectivity index is 2.01. The Morgan fingerprint density at radius 2 is 2.14 bits per heavy atom. The van der Waals surface area contributed by atoms with Crippen LogP contribution in [0.1, 0.15) is 18.4 Å². The fraction of sp³-hybridized carbons (Fsp3) is 0.471. The van der Waals surface area contributed by atoms with Crippen LogP contribution in [0.3, 0.4) is 0 Å². The number of piperidine rings is 1. The van der Waals surface area contributed by atoms with Gasteiger partial charge in [-0.05, 0) is 30.8 Å². The molecule has 21 heavy (non-hydrogen) atoms. The standard InChI is InChI=1S/C17H23N3O/c1-18-10-13-11-19-17(16-8-4-3-7-15(13)16)20-9-5-6-14(12-20)21-2/h3-4,7-8,11,14,18H,5-6,9-10,12H2,1-2H3. The van der Waals surface area contributed by atoms with Crippen LogP contribution in [0.2, 0.25) is 0 Å². The zero-order chi connectivity index (χ0) is 14.7. The van der Waals surface area contributed by atoms with E-state index in [1.165, 1.54) is 16.3 Å². The van der Waals surface area contributed by atoms with Crippen LogP contribution in [0.4, 0.5) is 5.82 Å². The van der Waals surface area contributed by atoms with Gasteiger partial charge in [-0.1, -0.05) is 24.3 Å². The van der Waals surface area contributed by atoms with Crippen molar-refractivity contribution in [1.29, 1.82) is 0 Å². The van der Waals surface area contributed by atoms with Crippen molar-refractivity contribution in [3.05, 3.63) is 36.0 Å². The smallest absolute Gasteiger partial charge is 0.136 e. The molecular formula is C17H23N3O. The topological polar surface area (TPSA) is 37.4 Å². The van der Waals surface area contributed by atoms with E-state index in [4.69, 9.17) is 9.72 Å². The highest BCUT2D eigenvalue weighted by Gasteiger charge is 2.22. The minimum atomic E-state index is 0.316. The highest BCUT2D eigenvalue weighted by molar-refractivity contribution is 5.94. The predicted octanol–water partition coefficient (Wildman–Crippen LogP) is 2.57. The molecule has 0 amide bonds. The number of nitrogens with zero attached hydrogens (tertiary/aromatic N) is 2. The zero-order valence-corrected chi connectivity index (χ0v) is 12.8. The SMILES string of the molecule is CNCc1cnc(N2CCCC(OC)C2)c2ccccc12. The lowest BCUT2D eigenvalue weighted by Gasteiger charge is -2.33. The van der Waals surface area contributed by atoms with Crippen molar-refractivity contribution in [2.75, 3.05) is 32.1 Å². The molecule has 2 heterocycles. The van der Waals surface area contributed by atoms with E-state index in [1.807, 2.05) is 13.2 Å². The Labute approximate surface area is 126 Å². The molecule has 0 spiro atoms. The molecule has 4 heteroatoms. The molecule has 0 radical (unpaired) electrons. The molecule has 1 unspecified atom stereocenters. The number of hydrogen-bond acceptors (Lipinski definition) is 4. The first-order chi connectivity index (χ1) is 10.3. The summed E-state index contributed by atoms with van der Waals surface area (Å²) in [6.07, 6.45) is 4.62. The molecule has 1 fully saturated rings. The van der Waals surface area contributed by atoms with Crippen LogP contribution < -0.4 is 10.2 Å². The Morgan fingerprint density at radius 1 is 1.33 bits per heavy atom. The molecule has 112 valence electrons. The fourth-order valence-electron chi connectivity index (χ4n) is 3.14. The Kier molecular flexibility index (Phi) is 4.36. The molecule has 1 saturated heterocycles. The van der Waals surface area contributed by atoms with Crippen LogP contribution in [0.25, 0.3) is 10.8 Å². The van der Waals surface area contributed by atoms with Gasteiger partial charge in [0.15, 0.2) is 0 Å². The number of nitrogens with one attached hydrogen (secondary N) is 1. The zero-order valence-electron chi connectivity index (χ0n) is 12.8. The molecule has 1 aromatic carbocycles. The van der Waals surface area contributed by atoms with E-state index in [2.05, 4.69) is 34.5 Å². The second-order valence-corrected chi connectivity index (χ2v) is 5.63. The van der Waals surface area contributed by atoms with E-state index in [1.54, 1.807) is 7.11 Å². The number of rotatable bonds is 4. The molecule has 0 bridgehead atoms. The Morgan fingerprint density at radius 3 is 2.90 bits per heavy atom. The Bertz CT molecular complexity index is 614. The summed E-state index contributed by atoms with van der Waals surface area (Å²) in [5, 5.41) is 5.74. The van der Waals surface area contributed by atoms with Gasteiger partial charge in [-0.15, -0.1) is 0 Å². The van der Waals surface area contributed by atoms with Crippen molar-refractivity contribution in [2.45, 2.75) is 25.5 Å². The fourth-order valence-corrected chi connectivity index (χ4v) is 3.14. The summed E-state index contributed by atoms with van der Waals surface area (Å²) in [4.78, 5) is 7.11. The minimum absolute atomic E-state index is 0.316. The highest BCUT2D eigenvalue weighted by Crippen LogP contribution is 2.29. The van der Waals surface area contributed by atoms with Crippen molar-refractivity contribution in [3.8, 4) is 0 Å². The quantitative estimate of drug-likeness (QED) is 0.937. The van der Waals surface area contributed by atoms with Crippen molar-refractivity contribution in [1.82, 2.24) is 10.3 Å². The number of fused-ring (bicyclic) bond motifs is 1. The number of aromatic nitrogens is 1. The summed E-state index contributed by atoms with van der Waals surface area (Å²) >= 11 is 0. The molecule has 0 saturated carbocycles. The van der Waals surface area contributed by atoms with Crippen molar-refractivity contribution in [2.24, 2.45) is 0 Å². The third-order valence-corrected chi connectivity index (χ3v) is 4.23. The van der Waals surface area contributed by atoms with Gasteiger partial charge in [0, 0.05) is 38.3 Å². The first-order valence-electron chi connectivity index (χ1n) is 7.62. The first-order valence-corrected chi connectivity index (χ1v) is 7.62. The van der Waals surface area contributed by atoms with Gasteiger partial charge in [0.05, 0.1) is 6.10 Å². The van der Waals surface area contributed by atoms with Crippen LogP contribution in [-0.2, 0) is 11.3 Å². The summed E-state index contributed by atoms with van der Waals surface area (Å²) in [6, 6.07) is 8.55. The maximum Gasteiger partial charge on any atom is 0.136 e. The van der Waals surface area contributed by atoms with Gasteiger partial charge in [-0.2, -0.15) is 0 Å². The van der Waals surface area contributed by atoms with Crippen LogP contribution in [0, 0.1) is 0 Å². The van der Waals surface area contributed by atoms with Crippen molar-refractivity contribution >= 4 is 16.6 Å². The summed E-state index contributed by atoms with van der Waals surface area (Å²) in [6.45, 7) is 2.83. The van der Waals surface area contributed by atoms with Gasteiger partial charge in [-0.25, -0.2) is 4.98 Å². The summed E-state index contributed by atoms with van der Waals surface area (Å²) in [5.41, 5.74) is 1.25. The van der Waals surface area contributed by atoms with Crippen molar-refractivity contribution in [3.63, 3.8) is 0 Å². The lowest BCUT2D eigenvalue weighted by Crippen LogP contribution is -2.39. The molecule has 1 N–H and O–H groups in total. The summed E-state index contributed by atoms with van der Waals surface area (Å²) < 4.78 is 5.54. The largest absolute Gasteiger partial charge is 0.380 e. The second kappa shape index (κ2) is 6.41. The number of pyridine rings is 1. The molecular weight excluding hydrogens is 262 g/mol. The van der Waals surface area contributed by atoms with E-state index in [0.29, 0.717) is 6.10 Å². The minimum Gasteiger partial charge on any atom is -0.380 e. The van der Waals surface area contributed by atoms with Crippen LogP contribution in [0.5, 0.6) is 0 Å². The van der Waals surface area contributed by atoms with E-state index in [0.717, 1.165) is 38.3 Å². The van der Waals surface area contributed by atoms with E-state index >= 15 is 0 Å². The summed E-state index contributed by atoms with van der Waals surface area (Å²) in [5.74, 6) is 1.09. The molecule has 1 aliphatic heterocycles. The lowest BCUT2D eigenvalue weighted by molar-refractivity contribution is 0.0892. The average Bonchev–Trinajstić information content (AvgIpc) is 2.55. The van der Waals surface area contributed by atoms with Gasteiger partial charge in [0.25, 0.3) is 0 Å². The number of hydrogen-bond donors (Lipinski definition) is 1. The summed E-state index contributed by atoms with van der Waals surface area (Å²) in [7, 11) is 3.77. The first kappa shape index (κ1) is 14.3. The van der Waals surface area contributed by atoms with Gasteiger partial charge >= 0.3 is 0 Å². The average molecular weight is 285 g/mol. The normalized spacial score (nSPS) is 19.1. The van der Waals surface area contributed by atoms with Crippen LogP contribution >= 0.6 is 0 Å². The van der Waals surface area contributed by atoms with Gasteiger partial charge in [-0.3, -0.25) is 0 Å². The van der Waals surface area contributed by atoms with Crippen molar-refractivity contribution < 1.29 is 4.74 Å². The molecule has 1 aliphatic rings. The highest BCUT2D eigenvalue weighted by atomic mass is 16.5. The molecule has 1 aromatic heterocycles. The third-order valence-electron chi connectivity index (χ3n) is 4.23. The molecule has 4 nitrogen and oxygen atoms in total. The molecule has 2 aromatic rings. The maximum atomic E-state index is 5.54.